The van der Waals surface area contributed by atoms with Gasteiger partial charge in [0.05, 0.1) is 13.7 Å². The number of thioether (sulfide) groups is 1. The molecule has 1 atom stereocenters. The molecule has 0 aliphatic carbocycles. The standard InChI is InChI=1S/C19H27NO4S/c1-4-5-6-7-8-11-24-14-9-10-15(16(21)12-14)17-20-19(2,13-25-17)18(22)23-3/h9-10,12,21H,4-8,11,13H2,1-3H3/t19-/m1/s1. The lowest BCUT2D eigenvalue weighted by Crippen LogP contribution is -2.34. The van der Waals surface area contributed by atoms with Crippen LogP contribution in [0.2, 0.25) is 0 Å². The van der Waals surface area contributed by atoms with E-state index in [1.807, 2.05) is 6.07 Å². The molecule has 2 rings (SSSR count). The first-order valence-electron chi connectivity index (χ1n) is 8.77. The first-order chi connectivity index (χ1) is 12.0. The summed E-state index contributed by atoms with van der Waals surface area (Å²) in [6.45, 7) is 4.59. The van der Waals surface area contributed by atoms with Crippen LogP contribution in [0.15, 0.2) is 23.2 Å². The molecule has 0 unspecified atom stereocenters. The minimum absolute atomic E-state index is 0.115. The minimum Gasteiger partial charge on any atom is -0.507 e. The molecular weight excluding hydrogens is 338 g/mol. The van der Waals surface area contributed by atoms with Crippen molar-refractivity contribution in [3.63, 3.8) is 0 Å². The van der Waals surface area contributed by atoms with Crippen molar-refractivity contribution >= 4 is 22.8 Å². The first-order valence-corrected chi connectivity index (χ1v) is 9.76. The van der Waals surface area contributed by atoms with E-state index in [1.54, 1.807) is 19.1 Å². The van der Waals surface area contributed by atoms with Gasteiger partial charge < -0.3 is 14.6 Å². The van der Waals surface area contributed by atoms with Gasteiger partial charge in [-0.1, -0.05) is 32.6 Å². The van der Waals surface area contributed by atoms with E-state index in [0.717, 1.165) is 12.8 Å². The average molecular weight is 365 g/mol. The second-order valence-corrected chi connectivity index (χ2v) is 7.38. The van der Waals surface area contributed by atoms with Crippen LogP contribution in [0.5, 0.6) is 11.5 Å². The number of aromatic hydroxyl groups is 1. The van der Waals surface area contributed by atoms with Crippen LogP contribution in [0.3, 0.4) is 0 Å². The summed E-state index contributed by atoms with van der Waals surface area (Å²) in [7, 11) is 1.36. The Balaban J connectivity index is 1.96. The Labute approximate surface area is 153 Å². The fraction of sp³-hybridized carbons (Fsp3) is 0.579. The van der Waals surface area contributed by atoms with E-state index >= 15 is 0 Å². The number of aliphatic imine (C=N–C) groups is 1. The quantitative estimate of drug-likeness (QED) is 0.525. The van der Waals surface area contributed by atoms with Crippen LogP contribution in [-0.4, -0.2) is 41.1 Å². The Kier molecular flexibility index (Phi) is 7.17. The lowest BCUT2D eigenvalue weighted by Gasteiger charge is -2.15. The zero-order valence-electron chi connectivity index (χ0n) is 15.2. The minimum atomic E-state index is -0.894. The molecule has 0 amide bonds. The second kappa shape index (κ2) is 9.13. The van der Waals surface area contributed by atoms with Gasteiger partial charge >= 0.3 is 5.97 Å². The van der Waals surface area contributed by atoms with Gasteiger partial charge in [0, 0.05) is 17.4 Å². The van der Waals surface area contributed by atoms with Gasteiger partial charge in [-0.25, -0.2) is 4.79 Å². The predicted octanol–water partition coefficient (Wildman–Crippen LogP) is 4.17. The van der Waals surface area contributed by atoms with E-state index in [0.29, 0.717) is 28.7 Å². The van der Waals surface area contributed by atoms with Crippen LogP contribution in [0.4, 0.5) is 0 Å². The third-order valence-electron chi connectivity index (χ3n) is 4.18. The van der Waals surface area contributed by atoms with Crippen molar-refractivity contribution < 1.29 is 19.4 Å². The lowest BCUT2D eigenvalue weighted by atomic mass is 10.1. The molecule has 1 aliphatic heterocycles. The summed E-state index contributed by atoms with van der Waals surface area (Å²) in [6.07, 6.45) is 5.91. The van der Waals surface area contributed by atoms with Crippen molar-refractivity contribution in [1.29, 1.82) is 0 Å². The Morgan fingerprint density at radius 1 is 1.32 bits per heavy atom. The van der Waals surface area contributed by atoms with Crippen molar-refractivity contribution in [3.05, 3.63) is 23.8 Å². The number of ether oxygens (including phenoxy) is 2. The molecule has 1 aliphatic rings. The number of nitrogens with zero attached hydrogens (tertiary/aromatic N) is 1. The number of phenols is 1. The molecular formula is C19H27NO4S. The highest BCUT2D eigenvalue weighted by atomic mass is 32.2. The molecule has 0 saturated heterocycles. The molecule has 1 heterocycles. The number of methoxy groups -OCH3 is 1. The molecule has 1 N–H and O–H groups in total. The van der Waals surface area contributed by atoms with Crippen LogP contribution in [0, 0.1) is 0 Å². The van der Waals surface area contributed by atoms with E-state index < -0.39 is 5.54 Å². The van der Waals surface area contributed by atoms with E-state index in [9.17, 15) is 9.90 Å². The van der Waals surface area contributed by atoms with Gasteiger partial charge in [0.1, 0.15) is 16.5 Å². The summed E-state index contributed by atoms with van der Waals surface area (Å²) in [5, 5.41) is 10.9. The summed E-state index contributed by atoms with van der Waals surface area (Å²) in [5.41, 5.74) is -0.276. The molecule has 0 saturated carbocycles. The van der Waals surface area contributed by atoms with E-state index in [-0.39, 0.29) is 11.7 Å². The zero-order chi connectivity index (χ0) is 18.3. The third-order valence-corrected chi connectivity index (χ3v) is 5.47. The summed E-state index contributed by atoms with van der Waals surface area (Å²) < 4.78 is 10.5. The average Bonchev–Trinajstić information content (AvgIpc) is 3.00. The molecule has 0 spiro atoms. The molecule has 6 heteroatoms. The number of rotatable bonds is 9. The van der Waals surface area contributed by atoms with Crippen LogP contribution < -0.4 is 4.74 Å². The zero-order valence-corrected chi connectivity index (χ0v) is 16.0. The summed E-state index contributed by atoms with van der Waals surface area (Å²) in [4.78, 5) is 16.3. The monoisotopic (exact) mass is 365 g/mol. The van der Waals surface area contributed by atoms with E-state index in [4.69, 9.17) is 9.47 Å². The number of hydrogen-bond acceptors (Lipinski definition) is 6. The molecule has 5 nitrogen and oxygen atoms in total. The number of hydrogen-bond donors (Lipinski definition) is 1. The fourth-order valence-corrected chi connectivity index (χ4v) is 3.83. The number of carbonyl (C=O) groups excluding carboxylic acids is 1. The van der Waals surface area contributed by atoms with Crippen molar-refractivity contribution in [3.8, 4) is 11.5 Å². The maximum absolute atomic E-state index is 11.8. The summed E-state index contributed by atoms with van der Waals surface area (Å²) in [6, 6.07) is 5.23. The summed E-state index contributed by atoms with van der Waals surface area (Å²) >= 11 is 1.44. The number of unbranched alkanes of at least 4 members (excludes halogenated alkanes) is 4. The topological polar surface area (TPSA) is 68.1 Å². The van der Waals surface area contributed by atoms with Crippen LogP contribution in [0.1, 0.15) is 51.5 Å². The van der Waals surface area contributed by atoms with Crippen LogP contribution >= 0.6 is 11.8 Å². The van der Waals surface area contributed by atoms with Crippen molar-refractivity contribution in [2.75, 3.05) is 19.5 Å². The predicted molar refractivity (Wildman–Crippen MR) is 102 cm³/mol. The van der Waals surface area contributed by atoms with Gasteiger partial charge in [-0.3, -0.25) is 4.99 Å². The van der Waals surface area contributed by atoms with Crippen LogP contribution in [0.25, 0.3) is 0 Å². The van der Waals surface area contributed by atoms with E-state index in [1.165, 1.54) is 38.1 Å². The summed E-state index contributed by atoms with van der Waals surface area (Å²) in [5.74, 6) is 0.905. The molecule has 0 bridgehead atoms. The smallest absolute Gasteiger partial charge is 0.334 e. The Morgan fingerprint density at radius 3 is 2.76 bits per heavy atom. The van der Waals surface area contributed by atoms with Gasteiger partial charge in [0.15, 0.2) is 5.54 Å². The molecule has 0 radical (unpaired) electrons. The van der Waals surface area contributed by atoms with Crippen LogP contribution in [-0.2, 0) is 9.53 Å². The van der Waals surface area contributed by atoms with Crippen molar-refractivity contribution in [1.82, 2.24) is 0 Å². The largest absolute Gasteiger partial charge is 0.507 e. The Hall–Kier alpha value is -1.69. The second-order valence-electron chi connectivity index (χ2n) is 6.41. The maximum atomic E-state index is 11.8. The molecule has 0 aromatic heterocycles. The highest BCUT2D eigenvalue weighted by Gasteiger charge is 2.40. The van der Waals surface area contributed by atoms with Gasteiger partial charge in [-0.2, -0.15) is 0 Å². The lowest BCUT2D eigenvalue weighted by molar-refractivity contribution is -0.145. The maximum Gasteiger partial charge on any atom is 0.334 e. The normalized spacial score (nSPS) is 19.6. The van der Waals surface area contributed by atoms with Crippen molar-refractivity contribution in [2.45, 2.75) is 51.5 Å². The van der Waals surface area contributed by atoms with Gasteiger partial charge in [0.25, 0.3) is 0 Å². The Morgan fingerprint density at radius 2 is 2.08 bits per heavy atom. The Bertz CT molecular complexity index is 632. The first kappa shape index (κ1) is 19.6. The van der Waals surface area contributed by atoms with Gasteiger partial charge in [0.2, 0.25) is 0 Å². The number of phenolic OH excluding ortho intramolecular Hbond substituents is 1. The SMILES string of the molecule is CCCCCCCOc1ccc(C2=N[C@@](C)(C(=O)OC)CS2)c(O)c1. The van der Waals surface area contributed by atoms with Gasteiger partial charge in [-0.05, 0) is 25.5 Å². The fourth-order valence-electron chi connectivity index (χ4n) is 2.64. The molecule has 138 valence electrons. The third kappa shape index (κ3) is 5.14. The number of carbonyl (C=O) groups is 1. The van der Waals surface area contributed by atoms with E-state index in [2.05, 4.69) is 11.9 Å². The molecule has 1 aromatic rings. The number of esters is 1. The molecule has 0 fully saturated rings. The highest BCUT2D eigenvalue weighted by Crippen LogP contribution is 2.35. The number of benzene rings is 1. The highest BCUT2D eigenvalue weighted by molar-refractivity contribution is 8.14. The molecule has 1 aromatic carbocycles. The van der Waals surface area contributed by atoms with Gasteiger partial charge in [-0.15, -0.1) is 11.8 Å². The molecule has 25 heavy (non-hydrogen) atoms. The van der Waals surface area contributed by atoms with Crippen molar-refractivity contribution in [2.24, 2.45) is 4.99 Å².